The highest BCUT2D eigenvalue weighted by atomic mass is 35.5. The van der Waals surface area contributed by atoms with E-state index in [0.29, 0.717) is 17.3 Å². The molecule has 24 heavy (non-hydrogen) atoms. The third-order valence-electron chi connectivity index (χ3n) is 4.04. The molecular formula is C17H19ClN4O2. The summed E-state index contributed by atoms with van der Waals surface area (Å²) in [6.07, 6.45) is 0.265. The summed E-state index contributed by atoms with van der Waals surface area (Å²) in [5.41, 5.74) is 1.38. The number of halogens is 1. The number of urea groups is 1. The highest BCUT2D eigenvalue weighted by Gasteiger charge is 2.25. The van der Waals surface area contributed by atoms with E-state index in [2.05, 4.69) is 27.4 Å². The minimum Gasteiger partial charge on any atom is -0.314 e. The second-order valence-corrected chi connectivity index (χ2v) is 6.16. The van der Waals surface area contributed by atoms with E-state index in [1.165, 1.54) is 4.90 Å². The second kappa shape index (κ2) is 7.67. The lowest BCUT2D eigenvalue weighted by molar-refractivity contribution is -0.120. The Bertz CT molecular complexity index is 704. The van der Waals surface area contributed by atoms with Gasteiger partial charge in [0.1, 0.15) is 0 Å². The van der Waals surface area contributed by atoms with Crippen molar-refractivity contribution in [1.82, 2.24) is 15.5 Å². The molecule has 0 aromatic heterocycles. The number of benzene rings is 1. The van der Waals surface area contributed by atoms with Gasteiger partial charge in [0.05, 0.1) is 17.3 Å². The van der Waals surface area contributed by atoms with Crippen molar-refractivity contribution in [3.63, 3.8) is 0 Å². The molecule has 0 radical (unpaired) electrons. The van der Waals surface area contributed by atoms with Gasteiger partial charge in [-0.05, 0) is 18.2 Å². The summed E-state index contributed by atoms with van der Waals surface area (Å²) in [5, 5.41) is 6.07. The first-order valence-electron chi connectivity index (χ1n) is 7.96. The summed E-state index contributed by atoms with van der Waals surface area (Å²) in [7, 11) is 0. The van der Waals surface area contributed by atoms with Crippen LogP contribution in [0.1, 0.15) is 12.0 Å². The molecule has 2 N–H and O–H groups in total. The minimum atomic E-state index is -0.445. The zero-order valence-electron chi connectivity index (χ0n) is 13.3. The van der Waals surface area contributed by atoms with Crippen molar-refractivity contribution in [1.29, 1.82) is 0 Å². The molecule has 0 unspecified atom stereocenters. The Hall–Kier alpha value is -2.07. The number of imide groups is 1. The average molecular weight is 347 g/mol. The van der Waals surface area contributed by atoms with E-state index >= 15 is 0 Å². The molecule has 3 amide bonds. The summed E-state index contributed by atoms with van der Waals surface area (Å²) >= 11 is 6.22. The van der Waals surface area contributed by atoms with Crippen LogP contribution in [0.3, 0.4) is 0 Å². The maximum atomic E-state index is 12.0. The van der Waals surface area contributed by atoms with Gasteiger partial charge in [-0.3, -0.25) is 19.9 Å². The molecule has 0 spiro atoms. The Balaban J connectivity index is 1.72. The average Bonchev–Trinajstić information content (AvgIpc) is 2.58. The predicted octanol–water partition coefficient (Wildman–Crippen LogP) is 1.04. The van der Waals surface area contributed by atoms with Crippen molar-refractivity contribution in [2.24, 2.45) is 0 Å². The predicted molar refractivity (Wildman–Crippen MR) is 93.1 cm³/mol. The Morgan fingerprint density at radius 1 is 1.17 bits per heavy atom. The molecule has 1 aromatic rings. The monoisotopic (exact) mass is 346 g/mol. The van der Waals surface area contributed by atoms with Crippen LogP contribution in [-0.2, 0) is 4.79 Å². The SMILES string of the molecule is O=C1CCN(c2cc(C#CCN3CCNCC3)ccc2Cl)C(=O)N1. The first-order valence-corrected chi connectivity index (χ1v) is 8.34. The van der Waals surface area contributed by atoms with E-state index in [-0.39, 0.29) is 12.3 Å². The van der Waals surface area contributed by atoms with E-state index in [1.807, 2.05) is 6.07 Å². The highest BCUT2D eigenvalue weighted by molar-refractivity contribution is 6.34. The van der Waals surface area contributed by atoms with Gasteiger partial charge in [-0.2, -0.15) is 0 Å². The first kappa shape index (κ1) is 16.8. The summed E-state index contributed by atoms with van der Waals surface area (Å²) in [4.78, 5) is 27.0. The van der Waals surface area contributed by atoms with E-state index in [9.17, 15) is 9.59 Å². The van der Waals surface area contributed by atoms with Crippen LogP contribution in [0.2, 0.25) is 5.02 Å². The molecule has 0 saturated carbocycles. The lowest BCUT2D eigenvalue weighted by Crippen LogP contribution is -2.49. The first-order chi connectivity index (χ1) is 11.6. The number of carbonyl (C=O) groups excluding carboxylic acids is 2. The Morgan fingerprint density at radius 3 is 2.71 bits per heavy atom. The molecule has 0 aliphatic carbocycles. The van der Waals surface area contributed by atoms with E-state index < -0.39 is 6.03 Å². The highest BCUT2D eigenvalue weighted by Crippen LogP contribution is 2.28. The lowest BCUT2D eigenvalue weighted by Gasteiger charge is -2.27. The molecule has 2 saturated heterocycles. The summed E-state index contributed by atoms with van der Waals surface area (Å²) in [5.74, 6) is 6.03. The van der Waals surface area contributed by atoms with Gasteiger partial charge in [0.15, 0.2) is 0 Å². The molecule has 1 aromatic carbocycles. The number of rotatable bonds is 2. The van der Waals surface area contributed by atoms with Crippen molar-refractivity contribution in [3.05, 3.63) is 28.8 Å². The van der Waals surface area contributed by atoms with Crippen LogP contribution in [0.15, 0.2) is 18.2 Å². The van der Waals surface area contributed by atoms with Crippen LogP contribution in [0.4, 0.5) is 10.5 Å². The third-order valence-corrected chi connectivity index (χ3v) is 4.36. The van der Waals surface area contributed by atoms with Crippen molar-refractivity contribution < 1.29 is 9.59 Å². The molecule has 2 heterocycles. The van der Waals surface area contributed by atoms with Crippen LogP contribution in [0.25, 0.3) is 0 Å². The van der Waals surface area contributed by atoms with E-state index in [0.717, 1.165) is 38.3 Å². The maximum absolute atomic E-state index is 12.0. The number of hydrogen-bond donors (Lipinski definition) is 2. The molecule has 0 bridgehead atoms. The van der Waals surface area contributed by atoms with Gasteiger partial charge in [-0.25, -0.2) is 4.79 Å². The Labute approximate surface area is 146 Å². The van der Waals surface area contributed by atoms with E-state index in [1.54, 1.807) is 12.1 Å². The van der Waals surface area contributed by atoms with Crippen LogP contribution in [0, 0.1) is 11.8 Å². The Morgan fingerprint density at radius 2 is 1.96 bits per heavy atom. The normalized spacial score (nSPS) is 18.8. The quantitative estimate of drug-likeness (QED) is 0.785. The van der Waals surface area contributed by atoms with Gasteiger partial charge in [0, 0.05) is 44.7 Å². The fourth-order valence-corrected chi connectivity index (χ4v) is 2.93. The molecule has 2 fully saturated rings. The Kier molecular flexibility index (Phi) is 5.36. The fourth-order valence-electron chi connectivity index (χ4n) is 2.71. The maximum Gasteiger partial charge on any atom is 0.328 e. The summed E-state index contributed by atoms with van der Waals surface area (Å²) < 4.78 is 0. The van der Waals surface area contributed by atoms with Crippen molar-refractivity contribution in [2.75, 3.05) is 44.2 Å². The molecule has 2 aliphatic rings. The van der Waals surface area contributed by atoms with Crippen molar-refractivity contribution in [3.8, 4) is 11.8 Å². The zero-order valence-corrected chi connectivity index (χ0v) is 14.0. The molecule has 126 valence electrons. The zero-order chi connectivity index (χ0) is 16.9. The largest absolute Gasteiger partial charge is 0.328 e. The van der Waals surface area contributed by atoms with Gasteiger partial charge in [0.2, 0.25) is 5.91 Å². The molecule has 3 rings (SSSR count). The number of piperazine rings is 1. The lowest BCUT2D eigenvalue weighted by atomic mass is 10.1. The van der Waals surface area contributed by atoms with Crippen LogP contribution in [0.5, 0.6) is 0 Å². The molecule has 2 aliphatic heterocycles. The second-order valence-electron chi connectivity index (χ2n) is 5.75. The molecular weight excluding hydrogens is 328 g/mol. The van der Waals surface area contributed by atoms with E-state index in [4.69, 9.17) is 11.6 Å². The minimum absolute atomic E-state index is 0.264. The summed E-state index contributed by atoms with van der Waals surface area (Å²) in [6.45, 7) is 5.04. The number of amides is 3. The number of nitrogens with one attached hydrogen (secondary N) is 2. The standard InChI is InChI=1S/C17H19ClN4O2/c18-14-4-3-13(2-1-8-21-10-6-19-7-11-21)12-15(14)22-9-5-16(23)20-17(22)24/h3-4,12,19H,5-11H2,(H,20,23,24). The smallest absolute Gasteiger partial charge is 0.314 e. The fraction of sp³-hybridized carbons (Fsp3) is 0.412. The van der Waals surface area contributed by atoms with Gasteiger partial charge < -0.3 is 5.32 Å². The van der Waals surface area contributed by atoms with Crippen LogP contribution < -0.4 is 15.5 Å². The van der Waals surface area contributed by atoms with Gasteiger partial charge in [-0.15, -0.1) is 0 Å². The third kappa shape index (κ3) is 4.06. The van der Waals surface area contributed by atoms with Crippen LogP contribution >= 0.6 is 11.6 Å². The molecule has 7 heteroatoms. The van der Waals surface area contributed by atoms with Gasteiger partial charge >= 0.3 is 6.03 Å². The topological polar surface area (TPSA) is 64.7 Å². The number of carbonyl (C=O) groups is 2. The van der Waals surface area contributed by atoms with Gasteiger partial charge in [-0.1, -0.05) is 23.4 Å². The number of hydrogen-bond acceptors (Lipinski definition) is 4. The summed E-state index contributed by atoms with van der Waals surface area (Å²) in [6, 6.07) is 4.92. The number of anilines is 1. The van der Waals surface area contributed by atoms with Crippen LogP contribution in [-0.4, -0.2) is 56.1 Å². The van der Waals surface area contributed by atoms with Crippen molar-refractivity contribution in [2.45, 2.75) is 6.42 Å². The molecule has 6 nitrogen and oxygen atoms in total. The molecule has 0 atom stereocenters. The van der Waals surface area contributed by atoms with Gasteiger partial charge in [0.25, 0.3) is 0 Å². The number of nitrogens with zero attached hydrogens (tertiary/aromatic N) is 2. The van der Waals surface area contributed by atoms with Crippen molar-refractivity contribution >= 4 is 29.2 Å².